The first-order chi connectivity index (χ1) is 7.69. The molecule has 0 aliphatic heterocycles. The molecule has 0 aliphatic rings. The highest BCUT2D eigenvalue weighted by atomic mass is 15.3. The van der Waals surface area contributed by atoms with Gasteiger partial charge in [0.25, 0.3) is 0 Å². The smallest absolute Gasteiger partial charge is 0.153 e. The van der Waals surface area contributed by atoms with Crippen molar-refractivity contribution in [3.63, 3.8) is 0 Å². The predicted molar refractivity (Wildman–Crippen MR) is 63.6 cm³/mol. The molecule has 0 saturated heterocycles. The van der Waals surface area contributed by atoms with Crippen molar-refractivity contribution in [1.29, 1.82) is 0 Å². The molecule has 16 heavy (non-hydrogen) atoms. The van der Waals surface area contributed by atoms with Crippen LogP contribution in [-0.4, -0.2) is 21.8 Å². The van der Waals surface area contributed by atoms with Crippen molar-refractivity contribution < 1.29 is 0 Å². The minimum Gasteiger partial charge on any atom is -0.316 e. The van der Waals surface area contributed by atoms with Crippen molar-refractivity contribution in [2.75, 3.05) is 7.05 Å². The third kappa shape index (κ3) is 2.28. The molecule has 4 heteroatoms. The molecule has 0 spiro atoms. The lowest BCUT2D eigenvalue weighted by Gasteiger charge is -2.06. The average Bonchev–Trinajstić information content (AvgIpc) is 2.64. The van der Waals surface area contributed by atoms with Crippen LogP contribution in [0.5, 0.6) is 0 Å². The van der Waals surface area contributed by atoms with Crippen LogP contribution in [0.1, 0.15) is 17.0 Å². The third-order valence-electron chi connectivity index (χ3n) is 2.34. The van der Waals surface area contributed by atoms with Gasteiger partial charge in [0.05, 0.1) is 5.69 Å². The van der Waals surface area contributed by atoms with Gasteiger partial charge in [-0.05, 0) is 44.7 Å². The van der Waals surface area contributed by atoms with E-state index in [2.05, 4.69) is 27.5 Å². The zero-order valence-electron chi connectivity index (χ0n) is 9.86. The van der Waals surface area contributed by atoms with Gasteiger partial charge in [0.1, 0.15) is 0 Å². The highest BCUT2D eigenvalue weighted by molar-refractivity contribution is 5.30. The Hall–Kier alpha value is -1.68. The maximum Gasteiger partial charge on any atom is 0.153 e. The summed E-state index contributed by atoms with van der Waals surface area (Å²) in [4.78, 5) is 4.47. The Bertz CT molecular complexity index is 488. The first-order valence-corrected chi connectivity index (χ1v) is 5.34. The molecular weight excluding hydrogens is 200 g/mol. The molecule has 2 heterocycles. The minimum absolute atomic E-state index is 0.844. The Morgan fingerprint density at radius 1 is 1.25 bits per heavy atom. The molecule has 2 rings (SSSR count). The van der Waals surface area contributed by atoms with Crippen LogP contribution in [0.2, 0.25) is 0 Å². The maximum absolute atomic E-state index is 4.47. The number of hydrogen-bond acceptors (Lipinski definition) is 3. The first kappa shape index (κ1) is 10.8. The zero-order valence-corrected chi connectivity index (χ0v) is 9.86. The summed E-state index contributed by atoms with van der Waals surface area (Å²) in [5.74, 6) is 0.873. The summed E-state index contributed by atoms with van der Waals surface area (Å²) in [6.45, 7) is 4.82. The van der Waals surface area contributed by atoms with Crippen LogP contribution < -0.4 is 5.32 Å². The summed E-state index contributed by atoms with van der Waals surface area (Å²) < 4.78 is 1.81. The molecule has 0 amide bonds. The van der Waals surface area contributed by atoms with Crippen molar-refractivity contribution in [3.05, 3.63) is 41.3 Å². The van der Waals surface area contributed by atoms with Gasteiger partial charge in [0.2, 0.25) is 0 Å². The number of hydrogen-bond donors (Lipinski definition) is 1. The van der Waals surface area contributed by atoms with E-state index in [9.17, 15) is 0 Å². The molecule has 0 atom stereocenters. The molecule has 84 valence electrons. The summed E-state index contributed by atoms with van der Waals surface area (Å²) >= 11 is 0. The fourth-order valence-corrected chi connectivity index (χ4v) is 1.69. The molecule has 0 bridgehead atoms. The predicted octanol–water partition coefficient (Wildman–Crippen LogP) is 1.60. The van der Waals surface area contributed by atoms with Crippen LogP contribution in [0.25, 0.3) is 5.82 Å². The number of aromatic nitrogens is 3. The summed E-state index contributed by atoms with van der Waals surface area (Å²) in [6, 6.07) is 6.11. The van der Waals surface area contributed by atoms with Crippen LogP contribution >= 0.6 is 0 Å². The van der Waals surface area contributed by atoms with E-state index in [0.717, 1.165) is 23.8 Å². The van der Waals surface area contributed by atoms with Gasteiger partial charge in [-0.2, -0.15) is 5.10 Å². The number of nitrogens with one attached hydrogen (secondary N) is 1. The average molecular weight is 216 g/mol. The third-order valence-corrected chi connectivity index (χ3v) is 2.34. The van der Waals surface area contributed by atoms with Gasteiger partial charge in [0, 0.05) is 18.4 Å². The summed E-state index contributed by atoms with van der Waals surface area (Å²) in [6.07, 6.45) is 1.93. The molecule has 0 aromatic carbocycles. The minimum atomic E-state index is 0.844. The molecule has 2 aromatic rings. The molecule has 0 saturated carbocycles. The van der Waals surface area contributed by atoms with Gasteiger partial charge in [-0.15, -0.1) is 0 Å². The number of nitrogens with zero attached hydrogens (tertiary/aromatic N) is 3. The maximum atomic E-state index is 4.47. The second-order valence-electron chi connectivity index (χ2n) is 3.91. The fourth-order valence-electron chi connectivity index (χ4n) is 1.69. The van der Waals surface area contributed by atoms with Crippen LogP contribution in [-0.2, 0) is 6.54 Å². The summed E-state index contributed by atoms with van der Waals surface area (Å²) in [5.41, 5.74) is 3.23. The monoisotopic (exact) mass is 216 g/mol. The largest absolute Gasteiger partial charge is 0.316 e. The molecule has 2 aromatic heterocycles. The van der Waals surface area contributed by atoms with E-state index in [1.807, 2.05) is 37.8 Å². The SMILES string of the molecule is CNCc1cc(C)nc(-n2ccc(C)n2)c1. The molecule has 0 unspecified atom stereocenters. The molecule has 0 aliphatic carbocycles. The standard InChI is InChI=1S/C12H16N4/c1-9-4-5-16(15-9)12-7-11(8-13-3)6-10(2)14-12/h4-7,13H,8H2,1-3H3. The van der Waals surface area contributed by atoms with Crippen molar-refractivity contribution in [2.24, 2.45) is 0 Å². The molecule has 4 nitrogen and oxygen atoms in total. The second-order valence-corrected chi connectivity index (χ2v) is 3.91. The van der Waals surface area contributed by atoms with Crippen molar-refractivity contribution >= 4 is 0 Å². The molecule has 0 fully saturated rings. The van der Waals surface area contributed by atoms with Gasteiger partial charge < -0.3 is 5.32 Å². The van der Waals surface area contributed by atoms with Gasteiger partial charge in [0.15, 0.2) is 5.82 Å². The Morgan fingerprint density at radius 3 is 2.69 bits per heavy atom. The zero-order chi connectivity index (χ0) is 11.5. The highest BCUT2D eigenvalue weighted by Crippen LogP contribution is 2.10. The van der Waals surface area contributed by atoms with E-state index in [1.165, 1.54) is 5.56 Å². The van der Waals surface area contributed by atoms with Crippen molar-refractivity contribution in [3.8, 4) is 5.82 Å². The number of pyridine rings is 1. The van der Waals surface area contributed by atoms with E-state index in [4.69, 9.17) is 0 Å². The number of rotatable bonds is 3. The van der Waals surface area contributed by atoms with Gasteiger partial charge in [-0.1, -0.05) is 0 Å². The second kappa shape index (κ2) is 4.45. The van der Waals surface area contributed by atoms with Crippen molar-refractivity contribution in [2.45, 2.75) is 20.4 Å². The molecule has 0 radical (unpaired) electrons. The Kier molecular flexibility index (Phi) is 3.01. The first-order valence-electron chi connectivity index (χ1n) is 5.34. The van der Waals surface area contributed by atoms with E-state index < -0.39 is 0 Å². The highest BCUT2D eigenvalue weighted by Gasteiger charge is 2.03. The summed E-state index contributed by atoms with van der Waals surface area (Å²) in [7, 11) is 1.94. The molecule has 1 N–H and O–H groups in total. The normalized spacial score (nSPS) is 10.7. The van der Waals surface area contributed by atoms with E-state index in [0.29, 0.717) is 0 Å². The Morgan fingerprint density at radius 2 is 2.06 bits per heavy atom. The lowest BCUT2D eigenvalue weighted by molar-refractivity contribution is 0.792. The van der Waals surface area contributed by atoms with Gasteiger partial charge >= 0.3 is 0 Å². The van der Waals surface area contributed by atoms with E-state index in [1.54, 1.807) is 0 Å². The van der Waals surface area contributed by atoms with Crippen LogP contribution in [0.3, 0.4) is 0 Å². The van der Waals surface area contributed by atoms with Crippen molar-refractivity contribution in [1.82, 2.24) is 20.1 Å². The lowest BCUT2D eigenvalue weighted by Crippen LogP contribution is -2.08. The Balaban J connectivity index is 2.40. The van der Waals surface area contributed by atoms with E-state index in [-0.39, 0.29) is 0 Å². The van der Waals surface area contributed by atoms with E-state index >= 15 is 0 Å². The van der Waals surface area contributed by atoms with Crippen LogP contribution in [0.15, 0.2) is 24.4 Å². The lowest BCUT2D eigenvalue weighted by atomic mass is 10.2. The topological polar surface area (TPSA) is 42.7 Å². The van der Waals surface area contributed by atoms with Gasteiger partial charge in [-0.25, -0.2) is 9.67 Å². The van der Waals surface area contributed by atoms with Crippen LogP contribution in [0, 0.1) is 13.8 Å². The number of aryl methyl sites for hydroxylation is 2. The fraction of sp³-hybridized carbons (Fsp3) is 0.333. The Labute approximate surface area is 95.3 Å². The van der Waals surface area contributed by atoms with Gasteiger partial charge in [-0.3, -0.25) is 0 Å². The van der Waals surface area contributed by atoms with Crippen LogP contribution in [0.4, 0.5) is 0 Å². The quantitative estimate of drug-likeness (QED) is 0.847. The molecular formula is C12H16N4. The summed E-state index contributed by atoms with van der Waals surface area (Å²) in [5, 5.41) is 7.49.